The lowest BCUT2D eigenvalue weighted by Crippen LogP contribution is -2.29. The highest BCUT2D eigenvalue weighted by atomic mass is 16.4. The molecule has 0 spiro atoms. The molecule has 0 radical (unpaired) electrons. The number of likely N-dealkylation sites (tertiary alicyclic amines) is 1. The highest BCUT2D eigenvalue weighted by Gasteiger charge is 2.29. The smallest absolute Gasteiger partial charge is 0.308 e. The largest absolute Gasteiger partial charge is 0.481 e. The van der Waals surface area contributed by atoms with E-state index in [9.17, 15) is 9.59 Å². The quantitative estimate of drug-likeness (QED) is 0.704. The Morgan fingerprint density at radius 3 is 2.69 bits per heavy atom. The first-order valence-electron chi connectivity index (χ1n) is 4.65. The van der Waals surface area contributed by atoms with Gasteiger partial charge in [0.2, 0.25) is 5.91 Å². The molecule has 0 aromatic carbocycles. The van der Waals surface area contributed by atoms with E-state index in [0.717, 1.165) is 6.42 Å². The van der Waals surface area contributed by atoms with Crippen LogP contribution in [0.1, 0.15) is 26.2 Å². The summed E-state index contributed by atoms with van der Waals surface area (Å²) in [5, 5.41) is 8.70. The molecule has 1 aliphatic heterocycles. The second kappa shape index (κ2) is 4.25. The molecule has 1 aliphatic rings. The minimum atomic E-state index is -0.785. The van der Waals surface area contributed by atoms with Crippen LogP contribution < -0.4 is 0 Å². The van der Waals surface area contributed by atoms with Crippen molar-refractivity contribution in [1.82, 2.24) is 4.90 Å². The van der Waals surface area contributed by atoms with Crippen molar-refractivity contribution in [2.75, 3.05) is 13.1 Å². The maximum absolute atomic E-state index is 11.3. The molecular formula is C9H15NO3. The highest BCUT2D eigenvalue weighted by molar-refractivity contribution is 5.78. The van der Waals surface area contributed by atoms with E-state index < -0.39 is 5.97 Å². The van der Waals surface area contributed by atoms with Gasteiger partial charge in [-0.25, -0.2) is 0 Å². The Balaban J connectivity index is 2.40. The van der Waals surface area contributed by atoms with E-state index in [1.807, 2.05) is 6.92 Å². The van der Waals surface area contributed by atoms with Crippen LogP contribution >= 0.6 is 0 Å². The Morgan fingerprint density at radius 2 is 2.23 bits per heavy atom. The summed E-state index contributed by atoms with van der Waals surface area (Å²) in [7, 11) is 0. The molecule has 4 heteroatoms. The van der Waals surface area contributed by atoms with Gasteiger partial charge in [0, 0.05) is 19.5 Å². The molecule has 1 N–H and O–H groups in total. The summed E-state index contributed by atoms with van der Waals surface area (Å²) >= 11 is 0. The van der Waals surface area contributed by atoms with Gasteiger partial charge >= 0.3 is 5.97 Å². The maximum atomic E-state index is 11.3. The third-order valence-electron chi connectivity index (χ3n) is 2.35. The van der Waals surface area contributed by atoms with Crippen molar-refractivity contribution in [2.24, 2.45) is 5.92 Å². The van der Waals surface area contributed by atoms with Crippen LogP contribution in [-0.2, 0) is 9.59 Å². The molecule has 0 saturated carbocycles. The van der Waals surface area contributed by atoms with Crippen LogP contribution in [0.15, 0.2) is 0 Å². The third-order valence-corrected chi connectivity index (χ3v) is 2.35. The van der Waals surface area contributed by atoms with Crippen molar-refractivity contribution in [1.29, 1.82) is 0 Å². The number of rotatable bonds is 3. The van der Waals surface area contributed by atoms with Gasteiger partial charge in [0.25, 0.3) is 0 Å². The summed E-state index contributed by atoms with van der Waals surface area (Å²) in [6, 6.07) is 0. The minimum Gasteiger partial charge on any atom is -0.481 e. The normalized spacial score (nSPS) is 21.9. The van der Waals surface area contributed by atoms with E-state index in [1.165, 1.54) is 0 Å². The monoisotopic (exact) mass is 185 g/mol. The predicted octanol–water partition coefficient (Wildman–Crippen LogP) is 0.720. The number of carboxylic acid groups (broad SMARTS) is 1. The average molecular weight is 185 g/mol. The van der Waals surface area contributed by atoms with Gasteiger partial charge in [0.1, 0.15) is 0 Å². The van der Waals surface area contributed by atoms with Gasteiger partial charge in [-0.2, -0.15) is 0 Å². The fourth-order valence-electron chi connectivity index (χ4n) is 1.56. The minimum absolute atomic E-state index is 0.0891. The lowest BCUT2D eigenvalue weighted by molar-refractivity contribution is -0.141. The molecule has 0 bridgehead atoms. The molecule has 1 amide bonds. The summed E-state index contributed by atoms with van der Waals surface area (Å²) in [6.45, 7) is 2.95. The van der Waals surface area contributed by atoms with E-state index >= 15 is 0 Å². The van der Waals surface area contributed by atoms with Crippen LogP contribution in [-0.4, -0.2) is 35.0 Å². The number of hydrogen-bond acceptors (Lipinski definition) is 2. The zero-order chi connectivity index (χ0) is 9.84. The summed E-state index contributed by atoms with van der Waals surface area (Å²) in [6.07, 6.45) is 1.96. The fourth-order valence-corrected chi connectivity index (χ4v) is 1.56. The van der Waals surface area contributed by atoms with Crippen LogP contribution in [0.25, 0.3) is 0 Å². The number of amides is 1. The number of carbonyl (C=O) groups is 2. The van der Waals surface area contributed by atoms with E-state index in [0.29, 0.717) is 25.9 Å². The number of nitrogens with zero attached hydrogens (tertiary/aromatic N) is 1. The van der Waals surface area contributed by atoms with Gasteiger partial charge in [0.15, 0.2) is 0 Å². The Labute approximate surface area is 77.5 Å². The maximum Gasteiger partial charge on any atom is 0.308 e. The zero-order valence-electron chi connectivity index (χ0n) is 7.82. The fraction of sp³-hybridized carbons (Fsp3) is 0.778. The van der Waals surface area contributed by atoms with Crippen LogP contribution in [0.2, 0.25) is 0 Å². The van der Waals surface area contributed by atoms with Gasteiger partial charge < -0.3 is 10.0 Å². The summed E-state index contributed by atoms with van der Waals surface area (Å²) < 4.78 is 0. The Morgan fingerprint density at radius 1 is 1.54 bits per heavy atom. The van der Waals surface area contributed by atoms with Crippen LogP contribution in [0, 0.1) is 5.92 Å². The Bertz CT molecular complexity index is 215. The second-order valence-corrected chi connectivity index (χ2v) is 3.41. The molecular weight excluding hydrogens is 170 g/mol. The molecule has 0 aromatic heterocycles. The molecule has 1 atom stereocenters. The Hall–Kier alpha value is -1.06. The molecule has 4 nitrogen and oxygen atoms in total. The van der Waals surface area contributed by atoms with E-state index in [4.69, 9.17) is 5.11 Å². The Kier molecular flexibility index (Phi) is 3.28. The first-order valence-corrected chi connectivity index (χ1v) is 4.65. The molecule has 1 saturated heterocycles. The second-order valence-electron chi connectivity index (χ2n) is 3.41. The molecule has 1 fully saturated rings. The van der Waals surface area contributed by atoms with Crippen molar-refractivity contribution < 1.29 is 14.7 Å². The van der Waals surface area contributed by atoms with Crippen molar-refractivity contribution in [3.63, 3.8) is 0 Å². The van der Waals surface area contributed by atoms with Crippen molar-refractivity contribution >= 4 is 11.9 Å². The predicted molar refractivity (Wildman–Crippen MR) is 47.2 cm³/mol. The highest BCUT2D eigenvalue weighted by Crippen LogP contribution is 2.17. The van der Waals surface area contributed by atoms with Crippen LogP contribution in [0.3, 0.4) is 0 Å². The topological polar surface area (TPSA) is 57.6 Å². The molecule has 74 valence electrons. The van der Waals surface area contributed by atoms with E-state index in [2.05, 4.69) is 0 Å². The third kappa shape index (κ3) is 2.44. The average Bonchev–Trinajstić information content (AvgIpc) is 2.52. The van der Waals surface area contributed by atoms with Gasteiger partial charge in [-0.15, -0.1) is 0 Å². The van der Waals surface area contributed by atoms with E-state index in [1.54, 1.807) is 4.90 Å². The lowest BCUT2D eigenvalue weighted by Gasteiger charge is -2.14. The molecule has 1 rings (SSSR count). The lowest BCUT2D eigenvalue weighted by atomic mass is 10.1. The molecule has 0 aliphatic carbocycles. The first-order chi connectivity index (χ1) is 6.15. The van der Waals surface area contributed by atoms with Gasteiger partial charge in [-0.05, 0) is 12.8 Å². The summed E-state index contributed by atoms with van der Waals surface area (Å²) in [4.78, 5) is 23.6. The SMILES string of the molecule is CCCC(=O)N1CCC(C(=O)O)C1. The summed E-state index contributed by atoms with van der Waals surface area (Å²) in [5.41, 5.74) is 0. The summed E-state index contributed by atoms with van der Waals surface area (Å²) in [5.74, 6) is -1.04. The first kappa shape index (κ1) is 10.0. The van der Waals surface area contributed by atoms with Crippen molar-refractivity contribution in [2.45, 2.75) is 26.2 Å². The number of hydrogen-bond donors (Lipinski definition) is 1. The molecule has 0 aromatic rings. The van der Waals surface area contributed by atoms with Gasteiger partial charge in [0.05, 0.1) is 5.92 Å². The van der Waals surface area contributed by atoms with Crippen molar-refractivity contribution in [3.8, 4) is 0 Å². The van der Waals surface area contributed by atoms with Crippen LogP contribution in [0.5, 0.6) is 0 Å². The van der Waals surface area contributed by atoms with Gasteiger partial charge in [-0.1, -0.05) is 6.92 Å². The number of aliphatic carboxylic acids is 1. The van der Waals surface area contributed by atoms with Crippen molar-refractivity contribution in [3.05, 3.63) is 0 Å². The molecule has 13 heavy (non-hydrogen) atoms. The van der Waals surface area contributed by atoms with Crippen LogP contribution in [0.4, 0.5) is 0 Å². The van der Waals surface area contributed by atoms with Gasteiger partial charge in [-0.3, -0.25) is 9.59 Å². The number of carbonyl (C=O) groups excluding carboxylic acids is 1. The molecule has 1 unspecified atom stereocenters. The molecule has 1 heterocycles. The number of carboxylic acids is 1. The van der Waals surface area contributed by atoms with E-state index in [-0.39, 0.29) is 11.8 Å². The zero-order valence-corrected chi connectivity index (χ0v) is 7.82. The standard InChI is InChI=1S/C9H15NO3/c1-2-3-8(11)10-5-4-7(6-10)9(12)13/h7H,2-6H2,1H3,(H,12,13).